The van der Waals surface area contributed by atoms with Crippen LogP contribution >= 0.6 is 0 Å². The van der Waals surface area contributed by atoms with E-state index in [0.29, 0.717) is 19.6 Å². The lowest BCUT2D eigenvalue weighted by atomic mass is 10.2. The first-order valence-corrected chi connectivity index (χ1v) is 10.2. The Morgan fingerprint density at radius 3 is 2.63 bits per heavy atom. The predicted molar refractivity (Wildman–Crippen MR) is 117 cm³/mol. The van der Waals surface area contributed by atoms with Crippen molar-refractivity contribution in [3.63, 3.8) is 0 Å². The van der Waals surface area contributed by atoms with Crippen molar-refractivity contribution < 1.29 is 13.9 Å². The molecule has 3 aromatic rings. The van der Waals surface area contributed by atoms with Crippen molar-refractivity contribution in [2.45, 2.75) is 32.9 Å². The summed E-state index contributed by atoms with van der Waals surface area (Å²) in [5, 5.41) is 2.96. The number of hydrogen-bond donors (Lipinski definition) is 1. The number of nitrogens with one attached hydrogen (secondary N) is 1. The fourth-order valence-electron chi connectivity index (χ4n) is 3.25. The quantitative estimate of drug-likeness (QED) is 0.506. The maximum atomic E-state index is 13.5. The Labute approximate surface area is 177 Å². The van der Waals surface area contributed by atoms with Crippen LogP contribution in [0.3, 0.4) is 0 Å². The highest BCUT2D eigenvalue weighted by Gasteiger charge is 2.16. The van der Waals surface area contributed by atoms with Gasteiger partial charge in [0.2, 0.25) is 0 Å². The molecule has 0 spiro atoms. The molecular formula is C24H28FN3O2. The molecule has 0 aliphatic carbocycles. The molecule has 6 heteroatoms. The average molecular weight is 410 g/mol. The maximum Gasteiger partial charge on any atom is 0.322 e. The SMILES string of the molecule is CCCCN(Cc1cccn1Cc1cccc(F)c1)C(=O)Nc1ccc(OC)cc1. The van der Waals surface area contributed by atoms with Gasteiger partial charge < -0.3 is 19.5 Å². The van der Waals surface area contributed by atoms with E-state index in [2.05, 4.69) is 12.2 Å². The molecule has 5 nitrogen and oxygen atoms in total. The van der Waals surface area contributed by atoms with Crippen LogP contribution in [0.25, 0.3) is 0 Å². The number of benzene rings is 2. The largest absolute Gasteiger partial charge is 0.497 e. The van der Waals surface area contributed by atoms with Crippen LogP contribution in [0, 0.1) is 5.82 Å². The van der Waals surface area contributed by atoms with E-state index in [1.807, 2.05) is 58.1 Å². The second kappa shape index (κ2) is 10.5. The van der Waals surface area contributed by atoms with Crippen molar-refractivity contribution in [3.05, 3.63) is 83.9 Å². The number of rotatable bonds is 9. The summed E-state index contributed by atoms with van der Waals surface area (Å²) >= 11 is 0. The van der Waals surface area contributed by atoms with Gasteiger partial charge in [-0.15, -0.1) is 0 Å². The number of amides is 2. The summed E-state index contributed by atoms with van der Waals surface area (Å²) in [6.45, 7) is 3.79. The number of carbonyl (C=O) groups excluding carboxylic acids is 1. The Kier molecular flexibility index (Phi) is 7.49. The molecule has 1 N–H and O–H groups in total. The molecule has 0 saturated carbocycles. The topological polar surface area (TPSA) is 46.5 Å². The Bertz CT molecular complexity index is 953. The van der Waals surface area contributed by atoms with Crippen LogP contribution in [0.5, 0.6) is 5.75 Å². The molecule has 0 bridgehead atoms. The lowest BCUT2D eigenvalue weighted by Gasteiger charge is -2.24. The molecule has 0 unspecified atom stereocenters. The van der Waals surface area contributed by atoms with Crippen molar-refractivity contribution in [2.24, 2.45) is 0 Å². The molecule has 158 valence electrons. The zero-order chi connectivity index (χ0) is 21.3. The van der Waals surface area contributed by atoms with E-state index in [4.69, 9.17) is 4.74 Å². The third kappa shape index (κ3) is 5.86. The molecule has 1 heterocycles. The van der Waals surface area contributed by atoms with Gasteiger partial charge in [-0.1, -0.05) is 25.5 Å². The van der Waals surface area contributed by atoms with E-state index < -0.39 is 0 Å². The van der Waals surface area contributed by atoms with Crippen molar-refractivity contribution in [2.75, 3.05) is 19.0 Å². The van der Waals surface area contributed by atoms with Crippen LogP contribution in [-0.2, 0) is 13.1 Å². The fraction of sp³-hybridized carbons (Fsp3) is 0.292. The number of carbonyl (C=O) groups is 1. The standard InChI is InChI=1S/C24H28FN3O2/c1-3-4-14-28(24(29)26-21-10-12-23(30-2)13-11-21)18-22-9-6-15-27(22)17-19-7-5-8-20(25)16-19/h5-13,15-16H,3-4,14,17-18H2,1-2H3,(H,26,29). The summed E-state index contributed by atoms with van der Waals surface area (Å²) in [6, 6.07) is 17.7. The molecule has 0 atom stereocenters. The average Bonchev–Trinajstić information content (AvgIpc) is 3.18. The third-order valence-corrected chi connectivity index (χ3v) is 4.93. The van der Waals surface area contributed by atoms with Gasteiger partial charge in [-0.25, -0.2) is 9.18 Å². The molecule has 0 aliphatic heterocycles. The predicted octanol–water partition coefficient (Wildman–Crippen LogP) is 5.52. The Hall–Kier alpha value is -3.28. The van der Waals surface area contributed by atoms with Gasteiger partial charge in [0.25, 0.3) is 0 Å². The van der Waals surface area contributed by atoms with E-state index in [9.17, 15) is 9.18 Å². The highest BCUT2D eigenvalue weighted by Crippen LogP contribution is 2.17. The third-order valence-electron chi connectivity index (χ3n) is 4.93. The zero-order valence-corrected chi connectivity index (χ0v) is 17.5. The van der Waals surface area contributed by atoms with Crippen molar-refractivity contribution in [1.29, 1.82) is 0 Å². The minimum absolute atomic E-state index is 0.146. The Morgan fingerprint density at radius 1 is 1.13 bits per heavy atom. The Balaban J connectivity index is 1.71. The van der Waals surface area contributed by atoms with E-state index in [-0.39, 0.29) is 11.8 Å². The number of nitrogens with zero attached hydrogens (tertiary/aromatic N) is 2. The van der Waals surface area contributed by atoms with Crippen LogP contribution < -0.4 is 10.1 Å². The van der Waals surface area contributed by atoms with Crippen LogP contribution in [0.2, 0.25) is 0 Å². The highest BCUT2D eigenvalue weighted by atomic mass is 19.1. The fourth-order valence-corrected chi connectivity index (χ4v) is 3.25. The molecule has 2 aromatic carbocycles. The summed E-state index contributed by atoms with van der Waals surface area (Å²) in [6.07, 6.45) is 3.87. The van der Waals surface area contributed by atoms with Crippen LogP contribution in [0.1, 0.15) is 31.0 Å². The van der Waals surface area contributed by atoms with Gasteiger partial charge in [0, 0.05) is 30.7 Å². The van der Waals surface area contributed by atoms with E-state index >= 15 is 0 Å². The smallest absolute Gasteiger partial charge is 0.322 e. The summed E-state index contributed by atoms with van der Waals surface area (Å²) in [5.74, 6) is 0.496. The lowest BCUT2D eigenvalue weighted by molar-refractivity contribution is 0.207. The van der Waals surface area contributed by atoms with Crippen molar-refractivity contribution >= 4 is 11.7 Å². The maximum absolute atomic E-state index is 13.5. The number of anilines is 1. The number of aromatic nitrogens is 1. The van der Waals surface area contributed by atoms with Gasteiger partial charge >= 0.3 is 6.03 Å². The second-order valence-corrected chi connectivity index (χ2v) is 7.19. The van der Waals surface area contributed by atoms with Crippen LogP contribution in [0.4, 0.5) is 14.9 Å². The normalized spacial score (nSPS) is 10.6. The molecule has 0 fully saturated rings. The monoisotopic (exact) mass is 409 g/mol. The molecule has 0 saturated heterocycles. The van der Waals surface area contributed by atoms with Gasteiger partial charge in [-0.3, -0.25) is 0 Å². The summed E-state index contributed by atoms with van der Waals surface area (Å²) < 4.78 is 20.7. The summed E-state index contributed by atoms with van der Waals surface area (Å²) in [7, 11) is 1.61. The zero-order valence-electron chi connectivity index (χ0n) is 17.5. The van der Waals surface area contributed by atoms with E-state index in [0.717, 1.165) is 35.5 Å². The molecule has 30 heavy (non-hydrogen) atoms. The molecule has 1 aromatic heterocycles. The minimum atomic E-state index is -0.246. The second-order valence-electron chi connectivity index (χ2n) is 7.19. The molecular weight excluding hydrogens is 381 g/mol. The lowest BCUT2D eigenvalue weighted by Crippen LogP contribution is -2.36. The molecule has 0 radical (unpaired) electrons. The van der Waals surface area contributed by atoms with Crippen LogP contribution in [-0.4, -0.2) is 29.2 Å². The Morgan fingerprint density at radius 2 is 1.93 bits per heavy atom. The number of urea groups is 1. The minimum Gasteiger partial charge on any atom is -0.497 e. The van der Waals surface area contributed by atoms with Gasteiger partial charge in [0.05, 0.1) is 13.7 Å². The molecule has 2 amide bonds. The first-order valence-electron chi connectivity index (χ1n) is 10.2. The number of halogens is 1. The van der Waals surface area contributed by atoms with Gasteiger partial charge in [-0.2, -0.15) is 0 Å². The molecule has 3 rings (SSSR count). The van der Waals surface area contributed by atoms with Crippen LogP contribution in [0.15, 0.2) is 66.9 Å². The van der Waals surface area contributed by atoms with E-state index in [1.165, 1.54) is 12.1 Å². The molecule has 0 aliphatic rings. The van der Waals surface area contributed by atoms with Gasteiger partial charge in [-0.05, 0) is 60.5 Å². The number of unbranched alkanes of at least 4 members (excludes halogenated alkanes) is 1. The summed E-state index contributed by atoms with van der Waals surface area (Å²) in [5.41, 5.74) is 2.60. The summed E-state index contributed by atoms with van der Waals surface area (Å²) in [4.78, 5) is 14.7. The highest BCUT2D eigenvalue weighted by molar-refractivity contribution is 5.89. The van der Waals surface area contributed by atoms with Crippen molar-refractivity contribution in [3.8, 4) is 5.75 Å². The number of hydrogen-bond acceptors (Lipinski definition) is 2. The number of ether oxygens (including phenoxy) is 1. The van der Waals surface area contributed by atoms with Gasteiger partial charge in [0.15, 0.2) is 0 Å². The number of methoxy groups -OCH3 is 1. The van der Waals surface area contributed by atoms with Crippen molar-refractivity contribution in [1.82, 2.24) is 9.47 Å². The van der Waals surface area contributed by atoms with Gasteiger partial charge in [0.1, 0.15) is 11.6 Å². The van der Waals surface area contributed by atoms with E-state index in [1.54, 1.807) is 13.2 Å². The first-order chi connectivity index (χ1) is 14.6. The first kappa shape index (κ1) is 21.4.